The van der Waals surface area contributed by atoms with Crippen molar-refractivity contribution in [2.75, 3.05) is 13.2 Å². The molecule has 0 bridgehead atoms. The molecule has 0 aliphatic heterocycles. The number of pyridine rings is 1. The summed E-state index contributed by atoms with van der Waals surface area (Å²) in [4.78, 5) is 4.09. The molecule has 1 N–H and O–H groups in total. The summed E-state index contributed by atoms with van der Waals surface area (Å²) in [7, 11) is -7.68. The van der Waals surface area contributed by atoms with Crippen molar-refractivity contribution in [3.63, 3.8) is 0 Å². The minimum Gasteiger partial charge on any atom is -0.494 e. The van der Waals surface area contributed by atoms with Crippen molar-refractivity contribution >= 4 is 19.9 Å². The molecule has 1 aromatic heterocycles. The highest BCUT2D eigenvalue weighted by Gasteiger charge is 2.31. The largest absolute Gasteiger partial charge is 0.494 e. The zero-order valence-electron chi connectivity index (χ0n) is 17.9. The van der Waals surface area contributed by atoms with Gasteiger partial charge < -0.3 is 4.74 Å². The van der Waals surface area contributed by atoms with Crippen LogP contribution >= 0.6 is 0 Å². The van der Waals surface area contributed by atoms with Gasteiger partial charge >= 0.3 is 0 Å². The van der Waals surface area contributed by atoms with E-state index in [2.05, 4.69) is 9.71 Å². The highest BCUT2D eigenvalue weighted by molar-refractivity contribution is 7.92. The molecule has 1 atom stereocenters. The van der Waals surface area contributed by atoms with E-state index in [1.54, 1.807) is 42.5 Å². The number of nitrogens with zero attached hydrogens (tertiary/aromatic N) is 1. The normalized spacial score (nSPS) is 12.9. The van der Waals surface area contributed by atoms with Gasteiger partial charge in [-0.05, 0) is 55.3 Å². The molecule has 0 spiro atoms. The van der Waals surface area contributed by atoms with Crippen LogP contribution < -0.4 is 9.46 Å². The van der Waals surface area contributed by atoms with Crippen LogP contribution in [0.1, 0.15) is 28.9 Å². The first-order valence-electron chi connectivity index (χ1n) is 10.1. The summed E-state index contributed by atoms with van der Waals surface area (Å²) in [5.41, 5.74) is 1.98. The fourth-order valence-corrected chi connectivity index (χ4v) is 6.20. The van der Waals surface area contributed by atoms with Gasteiger partial charge in [0.1, 0.15) is 11.0 Å². The van der Waals surface area contributed by atoms with Crippen LogP contribution in [0.2, 0.25) is 0 Å². The first-order valence-corrected chi connectivity index (χ1v) is 13.3. The van der Waals surface area contributed by atoms with E-state index in [4.69, 9.17) is 4.74 Å². The van der Waals surface area contributed by atoms with Crippen molar-refractivity contribution in [2.45, 2.75) is 29.7 Å². The van der Waals surface area contributed by atoms with Crippen LogP contribution in [0.5, 0.6) is 5.75 Å². The summed E-state index contributed by atoms with van der Waals surface area (Å²) in [6.45, 7) is 3.87. The average molecular weight is 475 g/mol. The molecule has 170 valence electrons. The number of aromatic nitrogens is 1. The van der Waals surface area contributed by atoms with Crippen LogP contribution in [-0.4, -0.2) is 35.0 Å². The maximum atomic E-state index is 13.4. The highest BCUT2D eigenvalue weighted by atomic mass is 32.2. The zero-order chi connectivity index (χ0) is 23.2. The fraction of sp³-hybridized carbons (Fsp3) is 0.261. The van der Waals surface area contributed by atoms with Crippen LogP contribution in [0.3, 0.4) is 0 Å². The summed E-state index contributed by atoms with van der Waals surface area (Å²) < 4.78 is 60.1. The van der Waals surface area contributed by atoms with Gasteiger partial charge in [-0.3, -0.25) is 4.98 Å². The van der Waals surface area contributed by atoms with E-state index in [0.717, 1.165) is 5.56 Å². The second kappa shape index (κ2) is 10.2. The second-order valence-corrected chi connectivity index (χ2v) is 11.3. The lowest BCUT2D eigenvalue weighted by Crippen LogP contribution is -2.32. The molecule has 0 aliphatic rings. The van der Waals surface area contributed by atoms with Gasteiger partial charge in [0.15, 0.2) is 9.84 Å². The minimum absolute atomic E-state index is 0.0766. The Labute approximate surface area is 189 Å². The van der Waals surface area contributed by atoms with Crippen LogP contribution in [-0.2, 0) is 25.6 Å². The van der Waals surface area contributed by atoms with Gasteiger partial charge in [0, 0.05) is 18.9 Å². The van der Waals surface area contributed by atoms with Gasteiger partial charge in [-0.2, -0.15) is 0 Å². The lowest BCUT2D eigenvalue weighted by atomic mass is 10.2. The molecule has 0 saturated heterocycles. The lowest BCUT2D eigenvalue weighted by molar-refractivity contribution is 0.340. The molecule has 32 heavy (non-hydrogen) atoms. The van der Waals surface area contributed by atoms with E-state index in [1.807, 2.05) is 19.9 Å². The van der Waals surface area contributed by atoms with Gasteiger partial charge in [0.05, 0.1) is 17.3 Å². The van der Waals surface area contributed by atoms with Crippen molar-refractivity contribution < 1.29 is 21.6 Å². The van der Waals surface area contributed by atoms with Crippen molar-refractivity contribution in [1.82, 2.24) is 9.71 Å². The van der Waals surface area contributed by atoms with Gasteiger partial charge in [-0.15, -0.1) is 0 Å². The van der Waals surface area contributed by atoms with Crippen molar-refractivity contribution in [3.8, 4) is 5.75 Å². The van der Waals surface area contributed by atoms with Crippen LogP contribution in [0.25, 0.3) is 0 Å². The molecular weight excluding hydrogens is 448 g/mol. The Balaban J connectivity index is 1.86. The third-order valence-electron chi connectivity index (χ3n) is 4.82. The topological polar surface area (TPSA) is 102 Å². The smallest absolute Gasteiger partial charge is 0.215 e. The Morgan fingerprint density at radius 1 is 1.00 bits per heavy atom. The van der Waals surface area contributed by atoms with Crippen molar-refractivity contribution in [3.05, 3.63) is 89.7 Å². The Morgan fingerprint density at radius 2 is 1.75 bits per heavy atom. The summed E-state index contributed by atoms with van der Waals surface area (Å²) in [6, 6.07) is 16.5. The van der Waals surface area contributed by atoms with Crippen LogP contribution in [0.15, 0.2) is 78.0 Å². The molecule has 3 rings (SSSR count). The molecule has 0 saturated carbocycles. The third kappa shape index (κ3) is 6.15. The van der Waals surface area contributed by atoms with Crippen molar-refractivity contribution in [1.29, 1.82) is 0 Å². The summed E-state index contributed by atoms with van der Waals surface area (Å²) >= 11 is 0. The predicted octanol–water partition coefficient (Wildman–Crippen LogP) is 3.42. The molecular formula is C23H26N2O5S2. The summed E-state index contributed by atoms with van der Waals surface area (Å²) in [5.74, 6) is 0.320. The molecule has 0 aliphatic carbocycles. The Morgan fingerprint density at radius 3 is 2.38 bits per heavy atom. The molecule has 1 heterocycles. The summed E-state index contributed by atoms with van der Waals surface area (Å²) in [5, 5.41) is -1.14. The number of nitrogens with one attached hydrogen (secondary N) is 1. The number of sulfonamides is 1. The monoisotopic (exact) mass is 474 g/mol. The quantitative estimate of drug-likeness (QED) is 0.483. The lowest BCUT2D eigenvalue weighted by Gasteiger charge is -2.19. The number of sulfone groups is 1. The summed E-state index contributed by atoms with van der Waals surface area (Å²) in [6.07, 6.45) is 2.97. The molecule has 1 unspecified atom stereocenters. The molecule has 3 aromatic rings. The number of hydrogen-bond acceptors (Lipinski definition) is 6. The predicted molar refractivity (Wildman–Crippen MR) is 124 cm³/mol. The third-order valence-corrected chi connectivity index (χ3v) is 8.26. The van der Waals surface area contributed by atoms with E-state index >= 15 is 0 Å². The molecule has 0 amide bonds. The Hall–Kier alpha value is -2.75. The molecule has 2 aromatic carbocycles. The standard InChI is InChI=1S/C23H26N2O5S2/c1-3-30-21-9-11-22(12-10-21)32(28,29)23(20-8-5-13-24-15-20)16-25-31(26,27)17-19-7-4-6-18(2)14-19/h4-15,23,25H,3,16-17H2,1-2H3. The average Bonchev–Trinajstić information content (AvgIpc) is 2.75. The SMILES string of the molecule is CCOc1ccc(S(=O)(=O)C(CNS(=O)(=O)Cc2cccc(C)c2)c2cccnc2)cc1. The number of aryl methyl sites for hydroxylation is 1. The Kier molecular flexibility index (Phi) is 7.65. The zero-order valence-corrected chi connectivity index (χ0v) is 19.6. The van der Waals surface area contributed by atoms with Gasteiger partial charge in [0.2, 0.25) is 10.0 Å². The molecule has 7 nitrogen and oxygen atoms in total. The maximum absolute atomic E-state index is 13.4. The highest BCUT2D eigenvalue weighted by Crippen LogP contribution is 2.29. The molecule has 9 heteroatoms. The number of benzene rings is 2. The van der Waals surface area contributed by atoms with Gasteiger partial charge in [-0.25, -0.2) is 21.6 Å². The van der Waals surface area contributed by atoms with E-state index in [0.29, 0.717) is 23.5 Å². The fourth-order valence-electron chi connectivity index (χ4n) is 3.30. The van der Waals surface area contributed by atoms with E-state index in [-0.39, 0.29) is 17.2 Å². The van der Waals surface area contributed by atoms with Crippen molar-refractivity contribution in [2.24, 2.45) is 0 Å². The second-order valence-electron chi connectivity index (χ2n) is 7.32. The van der Waals surface area contributed by atoms with E-state index < -0.39 is 25.1 Å². The Bertz CT molecular complexity index is 1240. The van der Waals surface area contributed by atoms with Gasteiger partial charge in [0.25, 0.3) is 0 Å². The first-order chi connectivity index (χ1) is 15.2. The van der Waals surface area contributed by atoms with E-state index in [1.165, 1.54) is 24.5 Å². The van der Waals surface area contributed by atoms with Gasteiger partial charge in [-0.1, -0.05) is 35.9 Å². The minimum atomic E-state index is -3.91. The van der Waals surface area contributed by atoms with E-state index in [9.17, 15) is 16.8 Å². The first kappa shape index (κ1) is 23.9. The maximum Gasteiger partial charge on any atom is 0.215 e. The molecule has 0 radical (unpaired) electrons. The molecule has 0 fully saturated rings. The number of ether oxygens (including phenoxy) is 1. The van der Waals surface area contributed by atoms with Crippen LogP contribution in [0, 0.1) is 6.92 Å². The number of rotatable bonds is 10. The van der Waals surface area contributed by atoms with Crippen LogP contribution in [0.4, 0.5) is 0 Å². The number of hydrogen-bond donors (Lipinski definition) is 1.